The van der Waals surface area contributed by atoms with Crippen molar-refractivity contribution in [2.24, 2.45) is 0 Å². The van der Waals surface area contributed by atoms with E-state index in [-0.39, 0.29) is 12.5 Å². The molecule has 1 N–H and O–H groups in total. The highest BCUT2D eigenvalue weighted by Gasteiger charge is 2.08. The second-order valence-corrected chi connectivity index (χ2v) is 7.18. The smallest absolute Gasteiger partial charge is 0.251 e. The molecule has 7 nitrogen and oxygen atoms in total. The van der Waals surface area contributed by atoms with Crippen LogP contribution in [0.2, 0.25) is 0 Å². The van der Waals surface area contributed by atoms with Gasteiger partial charge in [-0.2, -0.15) is 10.4 Å². The molecule has 0 bridgehead atoms. The third-order valence-electron chi connectivity index (χ3n) is 4.92. The summed E-state index contributed by atoms with van der Waals surface area (Å²) in [6.45, 7) is 1.33. The van der Waals surface area contributed by atoms with Gasteiger partial charge in [0.05, 0.1) is 18.2 Å². The van der Waals surface area contributed by atoms with Crippen LogP contribution in [0.5, 0.6) is 5.75 Å². The van der Waals surface area contributed by atoms with E-state index < -0.39 is 0 Å². The highest BCUT2D eigenvalue weighted by atomic mass is 16.5. The Balaban J connectivity index is 1.32. The van der Waals surface area contributed by atoms with Crippen molar-refractivity contribution in [3.05, 3.63) is 113 Å². The summed E-state index contributed by atoms with van der Waals surface area (Å²) in [5.74, 6) is 0.391. The molecule has 0 aliphatic rings. The number of nitriles is 1. The first-order valence-electron chi connectivity index (χ1n) is 10.1. The molecular weight excluding hydrogens is 402 g/mol. The summed E-state index contributed by atoms with van der Waals surface area (Å²) in [6, 6.07) is 24.4. The van der Waals surface area contributed by atoms with Gasteiger partial charge in [-0.3, -0.25) is 4.79 Å². The van der Waals surface area contributed by atoms with E-state index in [1.807, 2.05) is 42.5 Å². The maximum absolute atomic E-state index is 12.6. The molecule has 0 radical (unpaired) electrons. The van der Waals surface area contributed by atoms with Gasteiger partial charge in [0, 0.05) is 17.7 Å². The molecule has 0 saturated carbocycles. The maximum Gasteiger partial charge on any atom is 0.251 e. The van der Waals surface area contributed by atoms with E-state index in [0.29, 0.717) is 30.0 Å². The minimum atomic E-state index is -0.181. The summed E-state index contributed by atoms with van der Waals surface area (Å²) < 4.78 is 7.56. The number of aromatic nitrogens is 3. The third kappa shape index (κ3) is 5.37. The lowest BCUT2D eigenvalue weighted by Crippen LogP contribution is -2.22. The SMILES string of the molecule is N#Cc1ccccc1COc1cccc(C(=O)NCc2ccc(Cn3cncn3)cc2)c1. The molecule has 1 amide bonds. The van der Waals surface area contributed by atoms with Gasteiger partial charge in [0.2, 0.25) is 0 Å². The van der Waals surface area contributed by atoms with E-state index in [9.17, 15) is 10.1 Å². The number of amides is 1. The number of nitrogens with one attached hydrogen (secondary N) is 1. The molecule has 0 saturated heterocycles. The molecule has 3 aromatic carbocycles. The van der Waals surface area contributed by atoms with Crippen LogP contribution >= 0.6 is 0 Å². The number of benzene rings is 3. The molecule has 0 aliphatic carbocycles. The predicted octanol–water partition coefficient (Wildman–Crippen LogP) is 3.71. The van der Waals surface area contributed by atoms with Crippen LogP contribution in [0.3, 0.4) is 0 Å². The number of hydrogen-bond acceptors (Lipinski definition) is 5. The summed E-state index contributed by atoms with van der Waals surface area (Å²) in [5.41, 5.74) is 4.00. The van der Waals surface area contributed by atoms with E-state index in [1.165, 1.54) is 6.33 Å². The Morgan fingerprint density at radius 1 is 1.03 bits per heavy atom. The summed E-state index contributed by atoms with van der Waals surface area (Å²) in [6.07, 6.45) is 3.18. The van der Waals surface area contributed by atoms with E-state index >= 15 is 0 Å². The number of hydrogen-bond donors (Lipinski definition) is 1. The fourth-order valence-corrected chi connectivity index (χ4v) is 3.19. The van der Waals surface area contributed by atoms with Crippen molar-refractivity contribution in [2.75, 3.05) is 0 Å². The molecular formula is C25H21N5O2. The molecule has 0 fully saturated rings. The first-order valence-corrected chi connectivity index (χ1v) is 10.1. The monoisotopic (exact) mass is 423 g/mol. The molecule has 7 heteroatoms. The maximum atomic E-state index is 12.6. The highest BCUT2D eigenvalue weighted by Crippen LogP contribution is 2.17. The molecule has 0 atom stereocenters. The quantitative estimate of drug-likeness (QED) is 0.466. The average molecular weight is 423 g/mol. The Bertz CT molecular complexity index is 1230. The van der Waals surface area contributed by atoms with Crippen molar-refractivity contribution in [3.8, 4) is 11.8 Å². The number of ether oxygens (including phenoxy) is 1. The Labute approximate surface area is 185 Å². The van der Waals surface area contributed by atoms with Crippen molar-refractivity contribution in [1.29, 1.82) is 5.26 Å². The Morgan fingerprint density at radius 2 is 1.84 bits per heavy atom. The average Bonchev–Trinajstić information content (AvgIpc) is 3.35. The van der Waals surface area contributed by atoms with Gasteiger partial charge < -0.3 is 10.1 Å². The van der Waals surface area contributed by atoms with Crippen molar-refractivity contribution in [1.82, 2.24) is 20.1 Å². The van der Waals surface area contributed by atoms with Crippen LogP contribution in [0.1, 0.15) is 32.6 Å². The zero-order valence-electron chi connectivity index (χ0n) is 17.3. The molecule has 158 valence electrons. The summed E-state index contributed by atoms with van der Waals surface area (Å²) in [4.78, 5) is 16.5. The zero-order valence-corrected chi connectivity index (χ0v) is 17.3. The van der Waals surface area contributed by atoms with E-state index in [0.717, 1.165) is 16.7 Å². The van der Waals surface area contributed by atoms with Crippen LogP contribution in [0.4, 0.5) is 0 Å². The van der Waals surface area contributed by atoms with Crippen molar-refractivity contribution in [2.45, 2.75) is 19.7 Å². The van der Waals surface area contributed by atoms with Crippen molar-refractivity contribution in [3.63, 3.8) is 0 Å². The van der Waals surface area contributed by atoms with Gasteiger partial charge in [-0.15, -0.1) is 0 Å². The standard InChI is InChI=1S/C25H21N5O2/c26-13-22-4-1-2-5-23(22)16-32-24-7-3-6-21(12-24)25(31)28-14-19-8-10-20(11-9-19)15-30-18-27-17-29-30/h1-12,17-18H,14-16H2,(H,28,31). The molecule has 1 heterocycles. The molecule has 4 aromatic rings. The Hall–Kier alpha value is -4.44. The fourth-order valence-electron chi connectivity index (χ4n) is 3.19. The molecule has 0 unspecified atom stereocenters. The second kappa shape index (κ2) is 10.0. The van der Waals surface area contributed by atoms with Crippen molar-refractivity contribution >= 4 is 5.91 Å². The Morgan fingerprint density at radius 3 is 2.62 bits per heavy atom. The third-order valence-corrected chi connectivity index (χ3v) is 4.92. The molecule has 4 rings (SSSR count). The van der Waals surface area contributed by atoms with E-state index in [1.54, 1.807) is 41.3 Å². The zero-order chi connectivity index (χ0) is 22.2. The second-order valence-electron chi connectivity index (χ2n) is 7.18. The normalized spacial score (nSPS) is 10.3. The lowest BCUT2D eigenvalue weighted by molar-refractivity contribution is 0.0950. The molecule has 1 aromatic heterocycles. The van der Waals surface area contributed by atoms with Gasteiger partial charge in [0.25, 0.3) is 5.91 Å². The van der Waals surface area contributed by atoms with Gasteiger partial charge in [0.1, 0.15) is 25.0 Å². The van der Waals surface area contributed by atoms with Crippen LogP contribution in [-0.4, -0.2) is 20.7 Å². The predicted molar refractivity (Wildman–Crippen MR) is 119 cm³/mol. The lowest BCUT2D eigenvalue weighted by atomic mass is 10.1. The molecule has 0 aliphatic heterocycles. The lowest BCUT2D eigenvalue weighted by Gasteiger charge is -2.10. The van der Waals surface area contributed by atoms with Gasteiger partial charge >= 0.3 is 0 Å². The molecule has 0 spiro atoms. The van der Waals surface area contributed by atoms with Crippen LogP contribution in [0.25, 0.3) is 0 Å². The van der Waals surface area contributed by atoms with Crippen LogP contribution in [0.15, 0.2) is 85.5 Å². The van der Waals surface area contributed by atoms with Gasteiger partial charge in [-0.25, -0.2) is 9.67 Å². The number of nitrogens with zero attached hydrogens (tertiary/aromatic N) is 4. The first kappa shape index (κ1) is 20.8. The van der Waals surface area contributed by atoms with E-state index in [2.05, 4.69) is 21.5 Å². The van der Waals surface area contributed by atoms with Gasteiger partial charge in [-0.1, -0.05) is 48.5 Å². The van der Waals surface area contributed by atoms with Gasteiger partial charge in [-0.05, 0) is 35.4 Å². The van der Waals surface area contributed by atoms with Crippen LogP contribution < -0.4 is 10.1 Å². The summed E-state index contributed by atoms with van der Waals surface area (Å²) >= 11 is 0. The Kier molecular flexibility index (Phi) is 6.54. The van der Waals surface area contributed by atoms with Gasteiger partial charge in [0.15, 0.2) is 0 Å². The summed E-state index contributed by atoms with van der Waals surface area (Å²) in [7, 11) is 0. The van der Waals surface area contributed by atoms with Crippen LogP contribution in [-0.2, 0) is 19.7 Å². The van der Waals surface area contributed by atoms with E-state index in [4.69, 9.17) is 4.74 Å². The first-order chi connectivity index (χ1) is 15.7. The number of carbonyl (C=O) groups is 1. The minimum Gasteiger partial charge on any atom is -0.489 e. The summed E-state index contributed by atoms with van der Waals surface area (Å²) in [5, 5.41) is 16.2. The van der Waals surface area contributed by atoms with Crippen LogP contribution in [0, 0.1) is 11.3 Å². The van der Waals surface area contributed by atoms with Crippen molar-refractivity contribution < 1.29 is 9.53 Å². The fraction of sp³-hybridized carbons (Fsp3) is 0.120. The topological polar surface area (TPSA) is 92.8 Å². The largest absolute Gasteiger partial charge is 0.489 e. The number of carbonyl (C=O) groups excluding carboxylic acids is 1. The minimum absolute atomic E-state index is 0.181. The molecule has 32 heavy (non-hydrogen) atoms. The highest BCUT2D eigenvalue weighted by molar-refractivity contribution is 5.94. The number of rotatable bonds is 8.